The van der Waals surface area contributed by atoms with E-state index in [9.17, 15) is 9.59 Å². The van der Waals surface area contributed by atoms with Crippen molar-refractivity contribution in [2.45, 2.75) is 26.7 Å². The number of carbonyl (C=O) groups excluding carboxylic acids is 2. The summed E-state index contributed by atoms with van der Waals surface area (Å²) < 4.78 is 0. The van der Waals surface area contributed by atoms with Gasteiger partial charge in [-0.05, 0) is 37.1 Å². The second-order valence-electron chi connectivity index (χ2n) is 6.19. The topological polar surface area (TPSA) is 34.1 Å². The monoisotopic (exact) mass is 378 g/mol. The molecule has 4 heteroatoms. The Morgan fingerprint density at radius 2 is 1.08 bits per heavy atom. The van der Waals surface area contributed by atoms with Gasteiger partial charge in [0.1, 0.15) is 0 Å². The summed E-state index contributed by atoms with van der Waals surface area (Å²) in [5.74, 6) is -0.0997. The van der Waals surface area contributed by atoms with Gasteiger partial charge in [-0.2, -0.15) is 0 Å². The smallest absolute Gasteiger partial charge is 0.195 e. The Morgan fingerprint density at radius 3 is 1.42 bits per heavy atom. The molecule has 0 fully saturated rings. The molecular weight excluding hydrogens is 360 g/mol. The number of ketones is 2. The number of allylic oxidation sites excluding steroid dienone is 2. The maximum absolute atomic E-state index is 13.3. The van der Waals surface area contributed by atoms with Gasteiger partial charge in [0.25, 0.3) is 0 Å². The van der Waals surface area contributed by atoms with Gasteiger partial charge in [0.05, 0.1) is 11.1 Å². The first-order valence-electron chi connectivity index (χ1n) is 8.74. The lowest BCUT2D eigenvalue weighted by molar-refractivity contribution is 0.101. The maximum atomic E-state index is 13.3. The van der Waals surface area contributed by atoms with Gasteiger partial charge in [-0.25, -0.2) is 0 Å². The fraction of sp³-hybridized carbons (Fsp3) is 0.182. The molecule has 4 rings (SSSR count). The van der Waals surface area contributed by atoms with E-state index in [2.05, 4.69) is 26.0 Å². The Bertz CT molecular complexity index is 966. The molecule has 0 radical (unpaired) electrons. The summed E-state index contributed by atoms with van der Waals surface area (Å²) in [5, 5.41) is 0. The molecule has 3 aromatic rings. The molecule has 26 heavy (non-hydrogen) atoms. The Kier molecular flexibility index (Phi) is 4.47. The maximum Gasteiger partial charge on any atom is 0.195 e. The number of rotatable bonds is 4. The van der Waals surface area contributed by atoms with Crippen molar-refractivity contribution in [1.29, 1.82) is 0 Å². The highest BCUT2D eigenvalue weighted by Gasteiger charge is 2.34. The minimum Gasteiger partial charge on any atom is -0.289 e. The average molecular weight is 379 g/mol. The third-order valence-corrected chi connectivity index (χ3v) is 7.13. The van der Waals surface area contributed by atoms with Crippen molar-refractivity contribution in [3.05, 3.63) is 79.2 Å². The zero-order chi connectivity index (χ0) is 18.3. The fourth-order valence-electron chi connectivity index (χ4n) is 3.25. The molecule has 0 amide bonds. The molecule has 2 nitrogen and oxygen atoms in total. The van der Waals surface area contributed by atoms with Gasteiger partial charge in [-0.1, -0.05) is 38.1 Å². The number of hydrogen-bond donors (Lipinski definition) is 0. The van der Waals surface area contributed by atoms with Crippen LogP contribution in [0, 0.1) is 0 Å². The van der Waals surface area contributed by atoms with Crippen molar-refractivity contribution < 1.29 is 9.59 Å². The minimum absolute atomic E-state index is 0.0499. The molecule has 1 aliphatic rings. The molecule has 0 saturated carbocycles. The van der Waals surface area contributed by atoms with E-state index in [4.69, 9.17) is 0 Å². The highest BCUT2D eigenvalue weighted by atomic mass is 32.1. The average Bonchev–Trinajstić information content (AvgIpc) is 3.33. The van der Waals surface area contributed by atoms with Gasteiger partial charge < -0.3 is 0 Å². The van der Waals surface area contributed by atoms with Crippen LogP contribution in [0.15, 0.2) is 48.5 Å². The van der Waals surface area contributed by atoms with E-state index in [1.807, 2.05) is 24.3 Å². The number of carbonyl (C=O) groups is 2. The molecule has 1 aromatic carbocycles. The van der Waals surface area contributed by atoms with Crippen molar-refractivity contribution in [3.63, 3.8) is 0 Å². The lowest BCUT2D eigenvalue weighted by atomic mass is 9.83. The lowest BCUT2D eigenvalue weighted by Crippen LogP contribution is -2.19. The first-order chi connectivity index (χ1) is 12.6. The van der Waals surface area contributed by atoms with Crippen LogP contribution < -0.4 is 0 Å². The first kappa shape index (κ1) is 17.1. The number of Topliss-reactive ketones (excluding diaryl/α,β-unsaturated/α-hetero) is 2. The zero-order valence-corrected chi connectivity index (χ0v) is 16.3. The van der Waals surface area contributed by atoms with Crippen LogP contribution in [0.1, 0.15) is 54.1 Å². The number of benzene rings is 1. The Labute approximate surface area is 160 Å². The van der Waals surface area contributed by atoms with Crippen LogP contribution in [0.25, 0.3) is 11.1 Å². The highest BCUT2D eigenvalue weighted by Crippen LogP contribution is 2.41. The molecule has 0 N–H and O–H groups in total. The van der Waals surface area contributed by atoms with Gasteiger partial charge in [-0.3, -0.25) is 9.59 Å². The SMILES string of the molecule is CCc1ccc(C2=C(c3ccc(CC)s3)C(=O)c3ccccc3C2=O)s1. The Balaban J connectivity index is 1.99. The molecule has 0 unspecified atom stereocenters. The van der Waals surface area contributed by atoms with Gasteiger partial charge in [-0.15, -0.1) is 22.7 Å². The van der Waals surface area contributed by atoms with Crippen molar-refractivity contribution in [3.8, 4) is 0 Å². The minimum atomic E-state index is -0.0499. The molecule has 0 atom stereocenters. The standard InChI is InChI=1S/C22H18O2S2/c1-3-13-9-11-17(25-13)19-20(18-12-10-14(4-2)26-18)22(24)16-8-6-5-7-15(16)21(19)23/h5-12H,3-4H2,1-2H3. The summed E-state index contributed by atoms with van der Waals surface area (Å²) in [5.41, 5.74) is 2.13. The highest BCUT2D eigenvalue weighted by molar-refractivity contribution is 7.15. The molecule has 0 aliphatic heterocycles. The summed E-state index contributed by atoms with van der Waals surface area (Å²) in [6.45, 7) is 4.20. The third kappa shape index (κ3) is 2.70. The summed E-state index contributed by atoms with van der Waals surface area (Å²) in [7, 11) is 0. The van der Waals surface area contributed by atoms with Crippen LogP contribution in [-0.2, 0) is 12.8 Å². The van der Waals surface area contributed by atoms with Crippen LogP contribution >= 0.6 is 22.7 Å². The fourth-order valence-corrected chi connectivity index (χ4v) is 5.24. The van der Waals surface area contributed by atoms with Crippen molar-refractivity contribution >= 4 is 45.4 Å². The molecule has 130 valence electrons. The third-order valence-electron chi connectivity index (χ3n) is 4.63. The van der Waals surface area contributed by atoms with E-state index in [0.717, 1.165) is 22.6 Å². The normalized spacial score (nSPS) is 14.1. The van der Waals surface area contributed by atoms with Crippen molar-refractivity contribution in [1.82, 2.24) is 0 Å². The molecule has 2 aromatic heterocycles. The van der Waals surface area contributed by atoms with Crippen molar-refractivity contribution in [2.24, 2.45) is 0 Å². The molecular formula is C22H18O2S2. The van der Waals surface area contributed by atoms with Gasteiger partial charge >= 0.3 is 0 Å². The summed E-state index contributed by atoms with van der Waals surface area (Å²) in [6.07, 6.45) is 1.84. The number of hydrogen-bond acceptors (Lipinski definition) is 4. The zero-order valence-electron chi connectivity index (χ0n) is 14.7. The molecule has 1 aliphatic carbocycles. The second-order valence-corrected chi connectivity index (χ2v) is 8.53. The Morgan fingerprint density at radius 1 is 0.654 bits per heavy atom. The Hall–Kier alpha value is -2.30. The van der Waals surface area contributed by atoms with Crippen LogP contribution in [-0.4, -0.2) is 11.6 Å². The predicted octanol–water partition coefficient (Wildman–Crippen LogP) is 5.92. The van der Waals surface area contributed by atoms with Crippen LogP contribution in [0.5, 0.6) is 0 Å². The van der Waals surface area contributed by atoms with Gasteiger partial charge in [0, 0.05) is 30.6 Å². The number of fused-ring (bicyclic) bond motifs is 1. The molecule has 0 spiro atoms. The van der Waals surface area contributed by atoms with E-state index in [1.165, 1.54) is 9.75 Å². The predicted molar refractivity (Wildman–Crippen MR) is 109 cm³/mol. The van der Waals surface area contributed by atoms with Gasteiger partial charge in [0.2, 0.25) is 0 Å². The number of thiophene rings is 2. The van der Waals surface area contributed by atoms with Crippen LogP contribution in [0.4, 0.5) is 0 Å². The van der Waals surface area contributed by atoms with E-state index in [-0.39, 0.29) is 11.6 Å². The molecule has 0 saturated heterocycles. The van der Waals surface area contributed by atoms with Crippen LogP contribution in [0.3, 0.4) is 0 Å². The number of aryl methyl sites for hydroxylation is 2. The van der Waals surface area contributed by atoms with Gasteiger partial charge in [0.15, 0.2) is 11.6 Å². The van der Waals surface area contributed by atoms with E-state index >= 15 is 0 Å². The van der Waals surface area contributed by atoms with E-state index in [1.54, 1.807) is 34.8 Å². The molecule has 2 heterocycles. The molecule has 0 bridgehead atoms. The lowest BCUT2D eigenvalue weighted by Gasteiger charge is -2.19. The van der Waals surface area contributed by atoms with E-state index in [0.29, 0.717) is 22.3 Å². The largest absolute Gasteiger partial charge is 0.289 e. The first-order valence-corrected chi connectivity index (χ1v) is 10.4. The van der Waals surface area contributed by atoms with Crippen LogP contribution in [0.2, 0.25) is 0 Å². The summed E-state index contributed by atoms with van der Waals surface area (Å²) in [4.78, 5) is 30.8. The summed E-state index contributed by atoms with van der Waals surface area (Å²) in [6, 6.07) is 15.2. The van der Waals surface area contributed by atoms with E-state index < -0.39 is 0 Å². The van der Waals surface area contributed by atoms with Crippen molar-refractivity contribution in [2.75, 3.05) is 0 Å². The summed E-state index contributed by atoms with van der Waals surface area (Å²) >= 11 is 3.21. The quantitative estimate of drug-likeness (QED) is 0.564. The second kappa shape index (κ2) is 6.78.